The summed E-state index contributed by atoms with van der Waals surface area (Å²) in [6, 6.07) is 9.04. The molecule has 1 aliphatic rings. The van der Waals surface area contributed by atoms with Crippen LogP contribution in [0.3, 0.4) is 0 Å². The highest BCUT2D eigenvalue weighted by Crippen LogP contribution is 2.53. The van der Waals surface area contributed by atoms with Crippen molar-refractivity contribution < 1.29 is 0 Å². The minimum atomic E-state index is 1.38. The topological polar surface area (TPSA) is 0 Å². The molecule has 0 amide bonds. The fourth-order valence-corrected chi connectivity index (χ4v) is 9.43. The lowest BCUT2D eigenvalue weighted by molar-refractivity contribution is 1.45. The first kappa shape index (κ1) is 13.9. The smallest absolute Gasteiger partial charge is 0.0593 e. The van der Waals surface area contributed by atoms with Crippen molar-refractivity contribution in [2.24, 2.45) is 0 Å². The Balaban J connectivity index is 1.80. The molecular weight excluding hydrogens is 385 g/mol. The summed E-state index contributed by atoms with van der Waals surface area (Å²) in [6.07, 6.45) is 0. The van der Waals surface area contributed by atoms with Gasteiger partial charge in [-0.1, -0.05) is 23.5 Å². The van der Waals surface area contributed by atoms with Gasteiger partial charge in [0, 0.05) is 19.6 Å². The van der Waals surface area contributed by atoms with Gasteiger partial charge in [0.05, 0.1) is 19.5 Å². The first-order valence-electron chi connectivity index (χ1n) is 6.56. The third-order valence-corrected chi connectivity index (χ3v) is 10.1. The maximum absolute atomic E-state index is 2.26. The summed E-state index contributed by atoms with van der Waals surface area (Å²) >= 11 is 11.2. The van der Waals surface area contributed by atoms with Gasteiger partial charge < -0.3 is 0 Å². The largest absolute Gasteiger partial charge is 0.142 e. The van der Waals surface area contributed by atoms with Crippen LogP contribution in [0.1, 0.15) is 0 Å². The minimum absolute atomic E-state index is 1.38. The zero-order valence-electron chi connectivity index (χ0n) is 11.1. The number of rotatable bonds is 0. The number of fused-ring (bicyclic) bond motifs is 6. The molecule has 0 saturated heterocycles. The molecule has 5 heterocycles. The van der Waals surface area contributed by atoms with Gasteiger partial charge in [-0.15, -0.1) is 45.3 Å². The van der Waals surface area contributed by atoms with Gasteiger partial charge in [0.15, 0.2) is 0 Å². The maximum atomic E-state index is 2.26. The van der Waals surface area contributed by atoms with Crippen molar-refractivity contribution in [1.29, 1.82) is 0 Å². The van der Waals surface area contributed by atoms with Gasteiger partial charge in [-0.25, -0.2) is 0 Å². The minimum Gasteiger partial charge on any atom is -0.142 e. The van der Waals surface area contributed by atoms with Gasteiger partial charge in [0.1, 0.15) is 0 Å². The summed E-state index contributed by atoms with van der Waals surface area (Å²) in [7, 11) is 0. The Bertz CT molecular complexity index is 796. The highest BCUT2D eigenvalue weighted by Gasteiger charge is 2.21. The van der Waals surface area contributed by atoms with E-state index in [9.17, 15) is 0 Å². The quantitative estimate of drug-likeness (QED) is 0.263. The normalized spacial score (nSPS) is 13.1. The number of hydrogen-bond acceptors (Lipinski definition) is 6. The highest BCUT2D eigenvalue weighted by atomic mass is 32.2. The summed E-state index contributed by atoms with van der Waals surface area (Å²) in [6.45, 7) is 0. The standard InChI is InChI=1S/C16H8S6/c1-5-17-13-9(1)21-10-2-6-19-15(10)16-12(4-8-20-16)22-11-3-7-18-14(11)13/h1-8H. The number of hydrogen-bond donors (Lipinski definition) is 0. The Morgan fingerprint density at radius 3 is 0.955 bits per heavy atom. The van der Waals surface area contributed by atoms with Gasteiger partial charge >= 0.3 is 0 Å². The lowest BCUT2D eigenvalue weighted by Gasteiger charge is -2.10. The number of thiophene rings is 4. The summed E-state index contributed by atoms with van der Waals surface area (Å²) < 4.78 is 0. The van der Waals surface area contributed by atoms with E-state index < -0.39 is 0 Å². The maximum Gasteiger partial charge on any atom is 0.0593 e. The average molecular weight is 393 g/mol. The van der Waals surface area contributed by atoms with E-state index in [-0.39, 0.29) is 0 Å². The molecular formula is C16H8S6. The van der Waals surface area contributed by atoms with Crippen molar-refractivity contribution in [1.82, 2.24) is 0 Å². The molecule has 0 unspecified atom stereocenters. The van der Waals surface area contributed by atoms with E-state index in [0.29, 0.717) is 0 Å². The molecule has 22 heavy (non-hydrogen) atoms. The van der Waals surface area contributed by atoms with E-state index in [0.717, 1.165) is 0 Å². The van der Waals surface area contributed by atoms with Crippen LogP contribution >= 0.6 is 68.9 Å². The Morgan fingerprint density at radius 1 is 0.409 bits per heavy atom. The predicted molar refractivity (Wildman–Crippen MR) is 104 cm³/mol. The average Bonchev–Trinajstić information content (AvgIpc) is 3.26. The van der Waals surface area contributed by atoms with Gasteiger partial charge in [0.2, 0.25) is 0 Å². The third-order valence-electron chi connectivity index (χ3n) is 3.37. The van der Waals surface area contributed by atoms with Crippen molar-refractivity contribution >= 4 is 68.9 Å². The molecule has 0 saturated carbocycles. The van der Waals surface area contributed by atoms with E-state index >= 15 is 0 Å². The molecule has 4 aromatic heterocycles. The summed E-state index contributed by atoms with van der Waals surface area (Å²) in [5.41, 5.74) is 0. The van der Waals surface area contributed by atoms with Crippen molar-refractivity contribution in [2.45, 2.75) is 19.6 Å². The van der Waals surface area contributed by atoms with E-state index in [1.54, 1.807) is 0 Å². The Hall–Kier alpha value is -0.500. The third kappa shape index (κ3) is 2.17. The van der Waals surface area contributed by atoms with Gasteiger partial charge in [-0.3, -0.25) is 0 Å². The van der Waals surface area contributed by atoms with E-state index in [1.165, 1.54) is 39.1 Å². The molecule has 1 aliphatic heterocycles. The van der Waals surface area contributed by atoms with E-state index in [4.69, 9.17) is 0 Å². The van der Waals surface area contributed by atoms with Gasteiger partial charge in [-0.05, 0) is 45.8 Å². The van der Waals surface area contributed by atoms with Crippen LogP contribution < -0.4 is 0 Å². The molecule has 0 radical (unpaired) electrons. The summed E-state index contributed by atoms with van der Waals surface area (Å²) in [4.78, 5) is 11.2. The summed E-state index contributed by atoms with van der Waals surface area (Å²) in [5, 5.41) is 8.86. The molecule has 5 rings (SSSR count). The molecule has 0 atom stereocenters. The lowest BCUT2D eigenvalue weighted by atomic mass is 10.4. The second kappa shape index (κ2) is 5.54. The van der Waals surface area contributed by atoms with Gasteiger partial charge in [0.25, 0.3) is 0 Å². The van der Waals surface area contributed by atoms with Crippen molar-refractivity contribution in [3.8, 4) is 19.5 Å². The van der Waals surface area contributed by atoms with Crippen LogP contribution in [-0.2, 0) is 0 Å². The van der Waals surface area contributed by atoms with Crippen LogP contribution in [0, 0.1) is 0 Å². The molecule has 0 aliphatic carbocycles. The molecule has 0 nitrogen and oxygen atoms in total. The van der Waals surface area contributed by atoms with Crippen LogP contribution in [-0.4, -0.2) is 0 Å². The van der Waals surface area contributed by atoms with Crippen LogP contribution in [0.25, 0.3) is 19.5 Å². The van der Waals surface area contributed by atoms with Crippen LogP contribution in [0.4, 0.5) is 0 Å². The fraction of sp³-hybridized carbons (Fsp3) is 0. The predicted octanol–water partition coefficient (Wildman–Crippen LogP) is 7.88. The summed E-state index contributed by atoms with van der Waals surface area (Å²) in [5.74, 6) is 0. The zero-order valence-corrected chi connectivity index (χ0v) is 16.0. The van der Waals surface area contributed by atoms with Crippen molar-refractivity contribution in [2.75, 3.05) is 0 Å². The monoisotopic (exact) mass is 392 g/mol. The van der Waals surface area contributed by atoms with Crippen LogP contribution in [0.2, 0.25) is 0 Å². The van der Waals surface area contributed by atoms with Crippen molar-refractivity contribution in [3.63, 3.8) is 0 Å². The van der Waals surface area contributed by atoms with Gasteiger partial charge in [-0.2, -0.15) is 0 Å². The zero-order chi connectivity index (χ0) is 14.5. The second-order valence-corrected chi connectivity index (χ2v) is 10.5. The molecule has 0 N–H and O–H groups in total. The molecule has 0 bridgehead atoms. The Kier molecular flexibility index (Phi) is 3.50. The lowest BCUT2D eigenvalue weighted by Crippen LogP contribution is -1.80. The SMILES string of the molecule is c1cc2c(s1)-c1sccc1Sc1ccsc1-c1sccc1S2. The second-order valence-electron chi connectivity index (χ2n) is 4.66. The van der Waals surface area contributed by atoms with E-state index in [1.807, 2.05) is 68.9 Å². The highest BCUT2D eigenvalue weighted by molar-refractivity contribution is 8.00. The molecule has 108 valence electrons. The molecule has 6 heteroatoms. The first-order chi connectivity index (χ1) is 10.9. The molecule has 0 aromatic carbocycles. The van der Waals surface area contributed by atoms with Crippen molar-refractivity contribution in [3.05, 3.63) is 45.8 Å². The Morgan fingerprint density at radius 2 is 0.682 bits per heavy atom. The Labute approximate surface area is 152 Å². The molecule has 0 spiro atoms. The fourth-order valence-electron chi connectivity index (χ4n) is 2.41. The van der Waals surface area contributed by atoms with Crippen LogP contribution in [0.15, 0.2) is 65.4 Å². The molecule has 0 fully saturated rings. The van der Waals surface area contributed by atoms with E-state index in [2.05, 4.69) is 45.8 Å². The molecule has 4 aromatic rings. The first-order valence-corrected chi connectivity index (χ1v) is 11.7. The van der Waals surface area contributed by atoms with Crippen LogP contribution in [0.5, 0.6) is 0 Å².